The lowest BCUT2D eigenvalue weighted by atomic mass is 9.65. The van der Waals surface area contributed by atoms with Gasteiger partial charge in [-0.1, -0.05) is 13.8 Å². The second-order valence-electron chi connectivity index (χ2n) is 7.37. The summed E-state index contributed by atoms with van der Waals surface area (Å²) in [6.45, 7) is 11.9. The van der Waals surface area contributed by atoms with E-state index in [0.29, 0.717) is 12.5 Å². The third-order valence-electron chi connectivity index (χ3n) is 5.05. The fraction of sp³-hybridized carbons (Fsp3) is 0.750. The Labute approximate surface area is 140 Å². The molecule has 136 valence electrons. The minimum atomic E-state index is -4.47. The maximum atomic E-state index is 13.0. The normalized spacial score (nSPS) is 20.0. The summed E-state index contributed by atoms with van der Waals surface area (Å²) in [5, 5.41) is 6.71. The van der Waals surface area contributed by atoms with Crippen LogP contribution in [0.3, 0.4) is 0 Å². The first kappa shape index (κ1) is 18.6. The lowest BCUT2D eigenvalue weighted by molar-refractivity contribution is -0.142. The van der Waals surface area contributed by atoms with Gasteiger partial charge in [0.1, 0.15) is 0 Å². The van der Waals surface area contributed by atoms with Gasteiger partial charge < -0.3 is 10.2 Å². The quantitative estimate of drug-likeness (QED) is 0.677. The Hall–Kier alpha value is -1.73. The van der Waals surface area contributed by atoms with Crippen molar-refractivity contribution in [3.05, 3.63) is 17.5 Å². The molecule has 1 N–H and O–H groups in total. The zero-order chi connectivity index (χ0) is 18.3. The van der Waals surface area contributed by atoms with E-state index in [1.165, 1.54) is 17.9 Å². The Kier molecular flexibility index (Phi) is 4.63. The molecule has 0 amide bonds. The van der Waals surface area contributed by atoms with Gasteiger partial charge in [0, 0.05) is 42.9 Å². The van der Waals surface area contributed by atoms with Crippen molar-refractivity contribution in [2.24, 2.45) is 17.5 Å². The monoisotopic (exact) mass is 345 g/mol. The fourth-order valence-corrected chi connectivity index (χ4v) is 2.85. The van der Waals surface area contributed by atoms with E-state index in [2.05, 4.69) is 48.0 Å². The highest BCUT2D eigenvalue weighted by atomic mass is 19.4. The fourth-order valence-electron chi connectivity index (χ4n) is 2.85. The zero-order valence-corrected chi connectivity index (χ0v) is 15.1. The minimum absolute atomic E-state index is 0.0575. The number of hydrogen-bond donors (Lipinski definition) is 1. The van der Waals surface area contributed by atoms with Crippen LogP contribution in [0.5, 0.6) is 0 Å². The van der Waals surface area contributed by atoms with Gasteiger partial charge in [-0.05, 0) is 20.8 Å². The maximum absolute atomic E-state index is 13.0. The van der Waals surface area contributed by atoms with Crippen LogP contribution in [0.4, 0.5) is 13.2 Å². The summed E-state index contributed by atoms with van der Waals surface area (Å²) in [5.74, 6) is 0.638. The molecule has 0 unspecified atom stereocenters. The van der Waals surface area contributed by atoms with Gasteiger partial charge in [-0.25, -0.2) is 4.99 Å². The number of nitrogens with one attached hydrogen (secondary N) is 1. The van der Waals surface area contributed by atoms with Gasteiger partial charge in [-0.15, -0.1) is 0 Å². The molecule has 0 aliphatic carbocycles. The molecule has 8 heteroatoms. The number of likely N-dealkylation sites (tertiary alicyclic amines) is 1. The van der Waals surface area contributed by atoms with Gasteiger partial charge >= 0.3 is 6.18 Å². The third-order valence-corrected chi connectivity index (χ3v) is 5.05. The van der Waals surface area contributed by atoms with Gasteiger partial charge in [0.2, 0.25) is 0 Å². The largest absolute Gasteiger partial charge is 0.435 e. The summed E-state index contributed by atoms with van der Waals surface area (Å²) in [5.41, 5.74) is -0.782. The zero-order valence-electron chi connectivity index (χ0n) is 15.1. The molecule has 1 aromatic rings. The van der Waals surface area contributed by atoms with E-state index in [1.807, 2.05) is 6.92 Å². The van der Waals surface area contributed by atoms with Gasteiger partial charge in [-0.3, -0.25) is 4.68 Å². The van der Waals surface area contributed by atoms with Gasteiger partial charge in [0.25, 0.3) is 0 Å². The topological polar surface area (TPSA) is 45.5 Å². The van der Waals surface area contributed by atoms with Crippen molar-refractivity contribution in [1.29, 1.82) is 0 Å². The molecule has 2 heterocycles. The van der Waals surface area contributed by atoms with E-state index >= 15 is 0 Å². The molecule has 1 saturated heterocycles. The predicted octanol–water partition coefficient (Wildman–Crippen LogP) is 3.02. The molecule has 1 aliphatic heterocycles. The molecule has 1 fully saturated rings. The van der Waals surface area contributed by atoms with Gasteiger partial charge in [0.15, 0.2) is 11.7 Å². The van der Waals surface area contributed by atoms with E-state index in [9.17, 15) is 13.2 Å². The van der Waals surface area contributed by atoms with Crippen LogP contribution < -0.4 is 5.32 Å². The molecule has 0 atom stereocenters. The number of halogens is 3. The SMILES string of the molecule is CCNC(=NCc1cn(C)nc1C(F)(F)F)N1CC(C)(C)C1(C)C. The van der Waals surface area contributed by atoms with Crippen molar-refractivity contribution in [2.45, 2.75) is 52.9 Å². The van der Waals surface area contributed by atoms with E-state index in [4.69, 9.17) is 0 Å². The molecule has 0 saturated carbocycles. The molecule has 0 aromatic carbocycles. The second kappa shape index (κ2) is 5.97. The summed E-state index contributed by atoms with van der Waals surface area (Å²) >= 11 is 0. The number of aryl methyl sites for hydroxylation is 1. The molecule has 1 aliphatic rings. The summed E-state index contributed by atoms with van der Waals surface area (Å²) in [6.07, 6.45) is -3.09. The molecule has 24 heavy (non-hydrogen) atoms. The number of nitrogens with zero attached hydrogens (tertiary/aromatic N) is 4. The standard InChI is InChI=1S/C16H26F3N5/c1-7-20-13(24-10-14(2,3)15(24,4)5)21-8-11-9-23(6)22-12(11)16(17,18)19/h9H,7-8,10H2,1-6H3,(H,20,21). The van der Waals surface area contributed by atoms with E-state index in [1.54, 1.807) is 0 Å². The summed E-state index contributed by atoms with van der Waals surface area (Å²) in [6, 6.07) is 0. The van der Waals surface area contributed by atoms with Crippen LogP contribution in [0.2, 0.25) is 0 Å². The summed E-state index contributed by atoms with van der Waals surface area (Å²) < 4.78 is 40.3. The Bertz CT molecular complexity index is 628. The molecule has 0 bridgehead atoms. The third kappa shape index (κ3) is 3.23. The highest BCUT2D eigenvalue weighted by molar-refractivity contribution is 5.82. The van der Waals surface area contributed by atoms with Crippen molar-refractivity contribution in [3.63, 3.8) is 0 Å². The van der Waals surface area contributed by atoms with Crippen molar-refractivity contribution in [1.82, 2.24) is 20.0 Å². The first-order valence-corrected chi connectivity index (χ1v) is 8.06. The average molecular weight is 345 g/mol. The van der Waals surface area contributed by atoms with E-state index in [-0.39, 0.29) is 23.1 Å². The van der Waals surface area contributed by atoms with Gasteiger partial charge in [0.05, 0.1) is 6.54 Å². The molecular weight excluding hydrogens is 319 g/mol. The van der Waals surface area contributed by atoms with E-state index < -0.39 is 11.9 Å². The number of rotatable bonds is 3. The van der Waals surface area contributed by atoms with Crippen LogP contribution in [0.1, 0.15) is 45.9 Å². The van der Waals surface area contributed by atoms with Crippen LogP contribution in [-0.4, -0.2) is 39.3 Å². The second-order valence-corrected chi connectivity index (χ2v) is 7.37. The smallest absolute Gasteiger partial charge is 0.356 e. The lowest BCUT2D eigenvalue weighted by Crippen LogP contribution is -2.72. The van der Waals surface area contributed by atoms with E-state index in [0.717, 1.165) is 6.54 Å². The summed E-state index contributed by atoms with van der Waals surface area (Å²) in [7, 11) is 1.48. The van der Waals surface area contributed by atoms with Crippen LogP contribution in [0.15, 0.2) is 11.2 Å². The Morgan fingerprint density at radius 3 is 2.42 bits per heavy atom. The first-order valence-electron chi connectivity index (χ1n) is 8.06. The Morgan fingerprint density at radius 1 is 1.33 bits per heavy atom. The Balaban J connectivity index is 2.25. The molecule has 0 radical (unpaired) electrons. The highest BCUT2D eigenvalue weighted by Crippen LogP contribution is 2.46. The van der Waals surface area contributed by atoms with Crippen molar-refractivity contribution >= 4 is 5.96 Å². The lowest BCUT2D eigenvalue weighted by Gasteiger charge is -2.62. The first-order chi connectivity index (χ1) is 10.9. The van der Waals surface area contributed by atoms with Crippen molar-refractivity contribution < 1.29 is 13.2 Å². The molecule has 2 rings (SSSR count). The predicted molar refractivity (Wildman–Crippen MR) is 87.6 cm³/mol. The van der Waals surface area contributed by atoms with Crippen molar-refractivity contribution in [2.75, 3.05) is 13.1 Å². The number of hydrogen-bond acceptors (Lipinski definition) is 2. The van der Waals surface area contributed by atoms with Crippen LogP contribution in [0, 0.1) is 5.41 Å². The number of aromatic nitrogens is 2. The minimum Gasteiger partial charge on any atom is -0.356 e. The van der Waals surface area contributed by atoms with Crippen LogP contribution in [-0.2, 0) is 19.8 Å². The number of alkyl halides is 3. The maximum Gasteiger partial charge on any atom is 0.435 e. The Morgan fingerprint density at radius 2 is 1.96 bits per heavy atom. The number of guanidine groups is 1. The molecule has 5 nitrogen and oxygen atoms in total. The molecule has 1 aromatic heterocycles. The van der Waals surface area contributed by atoms with Gasteiger partial charge in [-0.2, -0.15) is 18.3 Å². The molecular formula is C16H26F3N5. The average Bonchev–Trinajstić information content (AvgIpc) is 2.82. The molecule has 0 spiro atoms. The van der Waals surface area contributed by atoms with Crippen LogP contribution >= 0.6 is 0 Å². The highest BCUT2D eigenvalue weighted by Gasteiger charge is 2.53. The summed E-state index contributed by atoms with van der Waals surface area (Å²) in [4.78, 5) is 6.54. The number of aliphatic imine (C=N–C) groups is 1. The van der Waals surface area contributed by atoms with Crippen molar-refractivity contribution in [3.8, 4) is 0 Å². The van der Waals surface area contributed by atoms with Crippen LogP contribution in [0.25, 0.3) is 0 Å².